The van der Waals surface area contributed by atoms with Crippen LogP contribution in [-0.4, -0.2) is 36.9 Å². The van der Waals surface area contributed by atoms with Crippen molar-refractivity contribution in [2.75, 3.05) is 19.4 Å². The molecule has 5 heteroatoms. The highest BCUT2D eigenvalue weighted by molar-refractivity contribution is 5.98. The summed E-state index contributed by atoms with van der Waals surface area (Å²) in [5.41, 5.74) is 2.30. The fraction of sp³-hybridized carbons (Fsp3) is 0.300. The van der Waals surface area contributed by atoms with Gasteiger partial charge in [-0.05, 0) is 49.2 Å². The number of carbonyl (C=O) groups excluding carboxylic acids is 2. The van der Waals surface area contributed by atoms with Crippen molar-refractivity contribution in [1.29, 1.82) is 0 Å². The van der Waals surface area contributed by atoms with Crippen LogP contribution < -0.4 is 10.1 Å². The van der Waals surface area contributed by atoms with Crippen molar-refractivity contribution in [3.63, 3.8) is 0 Å². The van der Waals surface area contributed by atoms with E-state index in [0.717, 1.165) is 6.42 Å². The standard InChI is InChI=1S/C20H24N2O3/c1-5-15-9-11-18(12-10-15)25-14(2)19(23)21-17-8-6-7-16(13-17)20(24)22(3)4/h6-14H,5H2,1-4H3,(H,21,23). The summed E-state index contributed by atoms with van der Waals surface area (Å²) in [5.74, 6) is 0.266. The molecule has 0 saturated heterocycles. The Labute approximate surface area is 148 Å². The van der Waals surface area contributed by atoms with E-state index in [2.05, 4.69) is 12.2 Å². The minimum atomic E-state index is -0.652. The Balaban J connectivity index is 2.00. The molecular formula is C20H24N2O3. The molecule has 1 atom stereocenters. The molecule has 0 fully saturated rings. The summed E-state index contributed by atoms with van der Waals surface area (Å²) in [5, 5.41) is 2.78. The Morgan fingerprint density at radius 3 is 2.40 bits per heavy atom. The van der Waals surface area contributed by atoms with Gasteiger partial charge in [0.2, 0.25) is 0 Å². The minimum absolute atomic E-state index is 0.114. The molecule has 0 heterocycles. The lowest BCUT2D eigenvalue weighted by atomic mass is 10.1. The van der Waals surface area contributed by atoms with E-state index >= 15 is 0 Å². The number of hydrogen-bond acceptors (Lipinski definition) is 3. The van der Waals surface area contributed by atoms with E-state index < -0.39 is 6.10 Å². The van der Waals surface area contributed by atoms with Crippen LogP contribution in [-0.2, 0) is 11.2 Å². The molecule has 0 radical (unpaired) electrons. The summed E-state index contributed by atoms with van der Waals surface area (Å²) in [6.07, 6.45) is 0.305. The average molecular weight is 340 g/mol. The van der Waals surface area contributed by atoms with Crippen LogP contribution in [0.15, 0.2) is 48.5 Å². The Kier molecular flexibility index (Phi) is 6.17. The predicted octanol–water partition coefficient (Wildman–Crippen LogP) is 3.36. The number of anilines is 1. The van der Waals surface area contributed by atoms with Gasteiger partial charge in [-0.1, -0.05) is 25.1 Å². The summed E-state index contributed by atoms with van der Waals surface area (Å²) in [4.78, 5) is 25.8. The number of rotatable bonds is 6. The molecule has 0 aromatic heterocycles. The third-order valence-corrected chi connectivity index (χ3v) is 3.80. The molecule has 0 aliphatic rings. The minimum Gasteiger partial charge on any atom is -0.481 e. The molecule has 2 amide bonds. The lowest BCUT2D eigenvalue weighted by molar-refractivity contribution is -0.122. The SMILES string of the molecule is CCc1ccc(OC(C)C(=O)Nc2cccc(C(=O)N(C)C)c2)cc1. The highest BCUT2D eigenvalue weighted by Gasteiger charge is 2.16. The fourth-order valence-corrected chi connectivity index (χ4v) is 2.29. The zero-order valence-corrected chi connectivity index (χ0v) is 15.1. The third-order valence-electron chi connectivity index (χ3n) is 3.80. The van der Waals surface area contributed by atoms with Crippen molar-refractivity contribution in [3.8, 4) is 5.75 Å². The average Bonchev–Trinajstić information content (AvgIpc) is 2.61. The van der Waals surface area contributed by atoms with E-state index in [1.165, 1.54) is 10.5 Å². The van der Waals surface area contributed by atoms with E-state index in [-0.39, 0.29) is 11.8 Å². The maximum absolute atomic E-state index is 12.3. The maximum Gasteiger partial charge on any atom is 0.265 e. The number of aryl methyl sites for hydroxylation is 1. The van der Waals surface area contributed by atoms with Gasteiger partial charge < -0.3 is 15.0 Å². The van der Waals surface area contributed by atoms with Crippen molar-refractivity contribution < 1.29 is 14.3 Å². The molecule has 0 aliphatic heterocycles. The topological polar surface area (TPSA) is 58.6 Å². The van der Waals surface area contributed by atoms with Crippen LogP contribution in [0.4, 0.5) is 5.69 Å². The second kappa shape index (κ2) is 8.33. The molecule has 1 N–H and O–H groups in total. The number of hydrogen-bond donors (Lipinski definition) is 1. The van der Waals surface area contributed by atoms with Crippen LogP contribution in [0.2, 0.25) is 0 Å². The Hall–Kier alpha value is -2.82. The van der Waals surface area contributed by atoms with Gasteiger partial charge in [0.1, 0.15) is 5.75 Å². The number of nitrogens with zero attached hydrogens (tertiary/aromatic N) is 1. The van der Waals surface area contributed by atoms with Crippen LogP contribution in [0, 0.1) is 0 Å². The van der Waals surface area contributed by atoms with E-state index in [4.69, 9.17) is 4.74 Å². The maximum atomic E-state index is 12.3. The molecule has 0 spiro atoms. The first-order valence-corrected chi connectivity index (χ1v) is 8.29. The van der Waals surface area contributed by atoms with Crippen LogP contribution in [0.5, 0.6) is 5.75 Å². The Morgan fingerprint density at radius 2 is 1.80 bits per heavy atom. The number of nitrogens with one attached hydrogen (secondary N) is 1. The largest absolute Gasteiger partial charge is 0.481 e. The Morgan fingerprint density at radius 1 is 1.12 bits per heavy atom. The molecular weight excluding hydrogens is 316 g/mol. The van der Waals surface area contributed by atoms with Crippen LogP contribution in [0.25, 0.3) is 0 Å². The van der Waals surface area contributed by atoms with Gasteiger partial charge in [0.15, 0.2) is 6.10 Å². The molecule has 2 rings (SSSR count). The quantitative estimate of drug-likeness (QED) is 0.877. The molecule has 0 saturated carbocycles. The zero-order valence-electron chi connectivity index (χ0n) is 15.1. The van der Waals surface area contributed by atoms with Crippen molar-refractivity contribution >= 4 is 17.5 Å². The first kappa shape index (κ1) is 18.5. The van der Waals surface area contributed by atoms with E-state index in [9.17, 15) is 9.59 Å². The van der Waals surface area contributed by atoms with Crippen LogP contribution in [0.3, 0.4) is 0 Å². The molecule has 5 nitrogen and oxygen atoms in total. The van der Waals surface area contributed by atoms with Gasteiger partial charge in [0.25, 0.3) is 11.8 Å². The predicted molar refractivity (Wildman–Crippen MR) is 99.0 cm³/mol. The number of carbonyl (C=O) groups is 2. The number of ether oxygens (including phenoxy) is 1. The summed E-state index contributed by atoms with van der Waals surface area (Å²) >= 11 is 0. The van der Waals surface area contributed by atoms with Crippen molar-refractivity contribution in [3.05, 3.63) is 59.7 Å². The molecule has 132 valence electrons. The first-order chi connectivity index (χ1) is 11.9. The number of amides is 2. The lowest BCUT2D eigenvalue weighted by Gasteiger charge is -2.16. The van der Waals surface area contributed by atoms with E-state index in [1.54, 1.807) is 45.3 Å². The van der Waals surface area contributed by atoms with Gasteiger partial charge >= 0.3 is 0 Å². The van der Waals surface area contributed by atoms with Crippen LogP contribution >= 0.6 is 0 Å². The highest BCUT2D eigenvalue weighted by Crippen LogP contribution is 2.16. The van der Waals surface area contributed by atoms with Crippen molar-refractivity contribution in [1.82, 2.24) is 4.90 Å². The summed E-state index contributed by atoms with van der Waals surface area (Å²) in [6.45, 7) is 3.78. The monoisotopic (exact) mass is 340 g/mol. The third kappa shape index (κ3) is 5.08. The van der Waals surface area contributed by atoms with Gasteiger partial charge in [-0.2, -0.15) is 0 Å². The molecule has 2 aromatic rings. The van der Waals surface area contributed by atoms with Gasteiger partial charge in [-0.15, -0.1) is 0 Å². The summed E-state index contributed by atoms with van der Waals surface area (Å²) < 4.78 is 5.68. The normalized spacial score (nSPS) is 11.5. The summed E-state index contributed by atoms with van der Waals surface area (Å²) in [7, 11) is 3.38. The van der Waals surface area contributed by atoms with E-state index in [0.29, 0.717) is 17.0 Å². The van der Waals surface area contributed by atoms with E-state index in [1.807, 2.05) is 24.3 Å². The molecule has 0 bridgehead atoms. The Bertz CT molecular complexity index is 739. The summed E-state index contributed by atoms with van der Waals surface area (Å²) in [6, 6.07) is 14.5. The molecule has 25 heavy (non-hydrogen) atoms. The first-order valence-electron chi connectivity index (χ1n) is 8.29. The lowest BCUT2D eigenvalue weighted by Crippen LogP contribution is -2.30. The van der Waals surface area contributed by atoms with Crippen molar-refractivity contribution in [2.24, 2.45) is 0 Å². The van der Waals surface area contributed by atoms with Gasteiger partial charge in [-0.3, -0.25) is 9.59 Å². The number of benzene rings is 2. The van der Waals surface area contributed by atoms with Gasteiger partial charge in [0, 0.05) is 25.3 Å². The smallest absolute Gasteiger partial charge is 0.265 e. The van der Waals surface area contributed by atoms with Gasteiger partial charge in [0.05, 0.1) is 0 Å². The van der Waals surface area contributed by atoms with Crippen molar-refractivity contribution in [2.45, 2.75) is 26.4 Å². The molecule has 1 unspecified atom stereocenters. The molecule has 0 aliphatic carbocycles. The fourth-order valence-electron chi connectivity index (χ4n) is 2.29. The van der Waals surface area contributed by atoms with Crippen LogP contribution in [0.1, 0.15) is 29.8 Å². The highest BCUT2D eigenvalue weighted by atomic mass is 16.5. The zero-order chi connectivity index (χ0) is 18.4. The second-order valence-electron chi connectivity index (χ2n) is 6.03. The van der Waals surface area contributed by atoms with Gasteiger partial charge in [-0.25, -0.2) is 0 Å². The second-order valence-corrected chi connectivity index (χ2v) is 6.03. The molecule has 2 aromatic carbocycles.